The number of benzene rings is 1. The Balaban J connectivity index is 1.07. The number of halogens is 5. The van der Waals surface area contributed by atoms with Crippen molar-refractivity contribution in [2.24, 2.45) is 0 Å². The third kappa shape index (κ3) is 4.86. The van der Waals surface area contributed by atoms with E-state index in [9.17, 15) is 27.2 Å². The monoisotopic (exact) mass is 527 g/mol. The highest BCUT2D eigenvalue weighted by molar-refractivity contribution is 6.30. The van der Waals surface area contributed by atoms with Crippen LogP contribution in [0.15, 0.2) is 36.5 Å². The van der Waals surface area contributed by atoms with Crippen LogP contribution in [0.1, 0.15) is 35.3 Å². The first-order valence-electron chi connectivity index (χ1n) is 11.3. The number of nitrogens with zero attached hydrogens (tertiary/aromatic N) is 2. The molecule has 36 heavy (non-hydrogen) atoms. The zero-order valence-electron chi connectivity index (χ0n) is 18.9. The number of aromatic nitrogens is 1. The number of hydrogen-bond acceptors (Lipinski definition) is 5. The normalized spacial score (nSPS) is 24.9. The Morgan fingerprint density at radius 3 is 2.50 bits per heavy atom. The number of ether oxygens (including phenoxy) is 2. The molecule has 1 aromatic carbocycles. The van der Waals surface area contributed by atoms with E-state index in [4.69, 9.17) is 21.1 Å². The molecule has 12 heteroatoms. The first-order chi connectivity index (χ1) is 17.0. The molecular formula is C24H22ClF4N3O4. The van der Waals surface area contributed by atoms with Gasteiger partial charge in [-0.05, 0) is 43.0 Å². The number of carbonyl (C=O) groups excluding carboxylic acids is 2. The Kier molecular flexibility index (Phi) is 6.11. The first kappa shape index (κ1) is 24.8. The highest BCUT2D eigenvalue weighted by Crippen LogP contribution is 2.67. The van der Waals surface area contributed by atoms with Crippen LogP contribution in [-0.2, 0) is 14.9 Å². The summed E-state index contributed by atoms with van der Waals surface area (Å²) in [6.45, 7) is -1.37. The fraction of sp³-hybridized carbons (Fsp3) is 0.458. The second kappa shape index (κ2) is 8.88. The van der Waals surface area contributed by atoms with Crippen molar-refractivity contribution < 1.29 is 36.6 Å². The van der Waals surface area contributed by atoms with E-state index in [2.05, 4.69) is 10.3 Å². The molecule has 4 aliphatic rings. The number of likely N-dealkylation sites (tertiary alicyclic amines) is 1. The van der Waals surface area contributed by atoms with Crippen molar-refractivity contribution in [1.82, 2.24) is 15.2 Å². The Hall–Kier alpha value is -2.92. The first-order valence-corrected chi connectivity index (χ1v) is 11.7. The van der Waals surface area contributed by atoms with E-state index >= 15 is 0 Å². The van der Waals surface area contributed by atoms with Crippen LogP contribution in [0.25, 0.3) is 0 Å². The van der Waals surface area contributed by atoms with Crippen molar-refractivity contribution in [3.8, 4) is 5.75 Å². The van der Waals surface area contributed by atoms with Crippen LogP contribution < -0.4 is 10.1 Å². The van der Waals surface area contributed by atoms with Gasteiger partial charge in [0.25, 0.3) is 11.8 Å². The number of pyridine rings is 1. The minimum absolute atomic E-state index is 0.0264. The lowest BCUT2D eigenvalue weighted by Crippen LogP contribution is -2.77. The molecule has 2 amide bonds. The van der Waals surface area contributed by atoms with Crippen molar-refractivity contribution in [2.45, 2.75) is 42.5 Å². The molecule has 192 valence electrons. The maximum atomic E-state index is 13.5. The largest absolute Gasteiger partial charge is 0.484 e. The van der Waals surface area contributed by atoms with Gasteiger partial charge in [-0.2, -0.15) is 13.2 Å². The molecule has 1 saturated heterocycles. The van der Waals surface area contributed by atoms with Gasteiger partial charge in [0, 0.05) is 36.3 Å². The molecule has 0 atom stereocenters. The number of nitrogens with one attached hydrogen (secondary N) is 1. The molecule has 3 saturated carbocycles. The molecule has 6 rings (SSSR count). The quantitative estimate of drug-likeness (QED) is 0.530. The van der Waals surface area contributed by atoms with Crippen LogP contribution in [0.2, 0.25) is 5.02 Å². The van der Waals surface area contributed by atoms with E-state index in [1.807, 2.05) is 6.07 Å². The third-order valence-electron chi connectivity index (χ3n) is 6.91. The predicted octanol–water partition coefficient (Wildman–Crippen LogP) is 3.65. The summed E-state index contributed by atoms with van der Waals surface area (Å²) >= 11 is 5.63. The van der Waals surface area contributed by atoms with Crippen molar-refractivity contribution in [3.63, 3.8) is 0 Å². The summed E-state index contributed by atoms with van der Waals surface area (Å²) < 4.78 is 60.2. The lowest BCUT2D eigenvalue weighted by atomic mass is 9.37. The summed E-state index contributed by atoms with van der Waals surface area (Å²) in [5.41, 5.74) is 0.787. The third-order valence-corrected chi connectivity index (χ3v) is 7.22. The van der Waals surface area contributed by atoms with Gasteiger partial charge in [-0.15, -0.1) is 0 Å². The van der Waals surface area contributed by atoms with E-state index in [1.165, 1.54) is 17.0 Å². The topological polar surface area (TPSA) is 80.8 Å². The number of amides is 2. The van der Waals surface area contributed by atoms with E-state index in [1.54, 1.807) is 12.3 Å². The SMILES string of the molecule is O=C(COc1ccc(Cl)c(F)c1)NC12CC(c3ccc(C(=O)N4CC(OCC(F)(F)F)C4)nc3)(C1)C2. The molecule has 1 aromatic heterocycles. The molecule has 0 unspecified atom stereocenters. The zero-order valence-corrected chi connectivity index (χ0v) is 19.7. The Morgan fingerprint density at radius 1 is 1.17 bits per heavy atom. The van der Waals surface area contributed by atoms with Crippen molar-refractivity contribution >= 4 is 23.4 Å². The zero-order chi connectivity index (χ0) is 25.7. The number of hydrogen-bond donors (Lipinski definition) is 1. The molecule has 4 fully saturated rings. The summed E-state index contributed by atoms with van der Waals surface area (Å²) in [6, 6.07) is 7.41. The maximum absolute atomic E-state index is 13.5. The fourth-order valence-corrected chi connectivity index (χ4v) is 5.31. The van der Waals surface area contributed by atoms with E-state index in [-0.39, 0.29) is 58.9 Å². The van der Waals surface area contributed by atoms with Gasteiger partial charge in [-0.3, -0.25) is 14.6 Å². The van der Waals surface area contributed by atoms with Gasteiger partial charge in [-0.1, -0.05) is 17.7 Å². The second-order valence-electron chi connectivity index (χ2n) is 9.69. The van der Waals surface area contributed by atoms with Gasteiger partial charge < -0.3 is 19.7 Å². The van der Waals surface area contributed by atoms with Crippen LogP contribution >= 0.6 is 11.6 Å². The number of alkyl halides is 3. The average molecular weight is 528 g/mol. The van der Waals surface area contributed by atoms with E-state index < -0.39 is 24.7 Å². The molecule has 3 aliphatic carbocycles. The molecular weight excluding hydrogens is 506 g/mol. The number of rotatable bonds is 8. The Morgan fingerprint density at radius 2 is 1.89 bits per heavy atom. The summed E-state index contributed by atoms with van der Waals surface area (Å²) in [5.74, 6) is -1.06. The second-order valence-corrected chi connectivity index (χ2v) is 10.1. The summed E-state index contributed by atoms with van der Waals surface area (Å²) in [4.78, 5) is 30.5. The molecule has 2 heterocycles. The molecule has 2 aromatic rings. The van der Waals surface area contributed by atoms with E-state index in [0.29, 0.717) is 0 Å². The predicted molar refractivity (Wildman–Crippen MR) is 119 cm³/mol. The minimum atomic E-state index is -4.39. The van der Waals surface area contributed by atoms with Crippen molar-refractivity contribution in [3.05, 3.63) is 58.6 Å². The Labute approximate surface area is 208 Å². The van der Waals surface area contributed by atoms with Gasteiger partial charge in [0.05, 0.1) is 11.1 Å². The minimum Gasteiger partial charge on any atom is -0.484 e. The molecule has 2 bridgehead atoms. The smallest absolute Gasteiger partial charge is 0.411 e. The van der Waals surface area contributed by atoms with Crippen molar-refractivity contribution in [2.75, 3.05) is 26.3 Å². The van der Waals surface area contributed by atoms with Gasteiger partial charge in [0.2, 0.25) is 0 Å². The molecule has 1 N–H and O–H groups in total. The van der Waals surface area contributed by atoms with Gasteiger partial charge in [0.15, 0.2) is 6.61 Å². The molecule has 7 nitrogen and oxygen atoms in total. The van der Waals surface area contributed by atoms with Crippen LogP contribution in [0, 0.1) is 5.82 Å². The van der Waals surface area contributed by atoms with Crippen molar-refractivity contribution in [1.29, 1.82) is 0 Å². The van der Waals surface area contributed by atoms with Crippen LogP contribution in [0.4, 0.5) is 17.6 Å². The fourth-order valence-electron chi connectivity index (χ4n) is 5.19. The molecule has 0 radical (unpaired) electrons. The lowest BCUT2D eigenvalue weighted by molar-refractivity contribution is -0.196. The maximum Gasteiger partial charge on any atom is 0.411 e. The highest BCUT2D eigenvalue weighted by atomic mass is 35.5. The van der Waals surface area contributed by atoms with Gasteiger partial charge >= 0.3 is 6.18 Å². The molecule has 1 aliphatic heterocycles. The number of carbonyl (C=O) groups is 2. The average Bonchev–Trinajstić information content (AvgIpc) is 2.74. The van der Waals surface area contributed by atoms with Crippen LogP contribution in [0.5, 0.6) is 5.75 Å². The van der Waals surface area contributed by atoms with Crippen LogP contribution in [0.3, 0.4) is 0 Å². The van der Waals surface area contributed by atoms with Gasteiger partial charge in [-0.25, -0.2) is 4.39 Å². The Bertz CT molecular complexity index is 1170. The summed E-state index contributed by atoms with van der Waals surface area (Å²) in [5, 5.41) is 2.96. The standard InChI is InChI=1S/C24H22ClF4N3O4/c25-17-3-2-15(5-18(17)26)35-9-20(33)31-23-10-22(11-23,12-23)14-1-4-19(30-6-14)21(34)32-7-16(8-32)36-13-24(27,28)29/h1-6,16H,7-13H2,(H,31,33). The summed E-state index contributed by atoms with van der Waals surface area (Å²) in [6.07, 6.45) is -1.16. The van der Waals surface area contributed by atoms with Crippen LogP contribution in [-0.4, -0.2) is 65.8 Å². The van der Waals surface area contributed by atoms with Gasteiger partial charge in [0.1, 0.15) is 23.9 Å². The molecule has 0 spiro atoms. The lowest BCUT2D eigenvalue weighted by Gasteiger charge is -2.70. The summed E-state index contributed by atoms with van der Waals surface area (Å²) in [7, 11) is 0. The highest BCUT2D eigenvalue weighted by Gasteiger charge is 2.69. The van der Waals surface area contributed by atoms with E-state index in [0.717, 1.165) is 30.9 Å².